The topological polar surface area (TPSA) is 37.8 Å². The number of rotatable bonds is 6. The molecule has 1 heterocycles. The van der Waals surface area contributed by atoms with Gasteiger partial charge in [-0.15, -0.1) is 0 Å². The maximum absolute atomic E-state index is 4.36. The van der Waals surface area contributed by atoms with Gasteiger partial charge in [0, 0.05) is 11.4 Å². The van der Waals surface area contributed by atoms with Crippen molar-refractivity contribution in [3.05, 3.63) is 35.7 Å². The summed E-state index contributed by atoms with van der Waals surface area (Å²) >= 11 is 3.13. The van der Waals surface area contributed by atoms with Gasteiger partial charge in [0.2, 0.25) is 0 Å². The quantitative estimate of drug-likeness (QED) is 0.880. The minimum Gasteiger partial charge on any atom is -0.312 e. The third kappa shape index (κ3) is 4.93. The highest BCUT2D eigenvalue weighted by Crippen LogP contribution is 2.28. The zero-order valence-corrected chi connectivity index (χ0v) is 13.1. The van der Waals surface area contributed by atoms with Crippen molar-refractivity contribution in [1.82, 2.24) is 14.7 Å². The number of hydrogen-bond acceptors (Lipinski definition) is 5. The lowest BCUT2D eigenvalue weighted by molar-refractivity contribution is 0.552. The normalized spacial score (nSPS) is 11.2. The third-order valence-corrected chi connectivity index (χ3v) is 4.37. The molecule has 2 rings (SSSR count). The summed E-state index contributed by atoms with van der Waals surface area (Å²) in [5, 5.41) is 3.45. The number of hydrogen-bond donors (Lipinski definition) is 1. The van der Waals surface area contributed by atoms with Gasteiger partial charge < -0.3 is 5.32 Å². The van der Waals surface area contributed by atoms with Crippen molar-refractivity contribution in [3.8, 4) is 0 Å². The second kappa shape index (κ2) is 7.03. The SMILES string of the molecule is Cc1nsc(Sc2ccc(CNCC(C)C)cc2)n1. The first-order chi connectivity index (χ1) is 9.13. The predicted molar refractivity (Wildman–Crippen MR) is 81.8 cm³/mol. The van der Waals surface area contributed by atoms with E-state index in [4.69, 9.17) is 0 Å². The van der Waals surface area contributed by atoms with E-state index >= 15 is 0 Å². The maximum Gasteiger partial charge on any atom is 0.174 e. The summed E-state index contributed by atoms with van der Waals surface area (Å²) in [7, 11) is 0. The molecule has 5 heteroatoms. The van der Waals surface area contributed by atoms with Crippen molar-refractivity contribution >= 4 is 23.3 Å². The van der Waals surface area contributed by atoms with E-state index in [1.165, 1.54) is 22.0 Å². The van der Waals surface area contributed by atoms with Crippen molar-refractivity contribution in [2.75, 3.05) is 6.54 Å². The first kappa shape index (κ1) is 14.5. The van der Waals surface area contributed by atoms with E-state index in [9.17, 15) is 0 Å². The van der Waals surface area contributed by atoms with Crippen molar-refractivity contribution in [2.24, 2.45) is 5.92 Å². The largest absolute Gasteiger partial charge is 0.312 e. The zero-order chi connectivity index (χ0) is 13.7. The molecule has 0 aliphatic heterocycles. The van der Waals surface area contributed by atoms with Crippen molar-refractivity contribution < 1.29 is 0 Å². The maximum atomic E-state index is 4.36. The molecule has 0 amide bonds. The van der Waals surface area contributed by atoms with Gasteiger partial charge in [-0.05, 0) is 48.6 Å². The van der Waals surface area contributed by atoms with Crippen LogP contribution >= 0.6 is 23.3 Å². The molecule has 3 nitrogen and oxygen atoms in total. The summed E-state index contributed by atoms with van der Waals surface area (Å²) in [4.78, 5) is 5.57. The summed E-state index contributed by atoms with van der Waals surface area (Å²) in [5.41, 5.74) is 1.32. The van der Waals surface area contributed by atoms with Gasteiger partial charge >= 0.3 is 0 Å². The van der Waals surface area contributed by atoms with Crippen LogP contribution in [0.2, 0.25) is 0 Å². The van der Waals surface area contributed by atoms with Gasteiger partial charge in [0.1, 0.15) is 5.82 Å². The fraction of sp³-hybridized carbons (Fsp3) is 0.429. The molecule has 0 saturated heterocycles. The number of benzene rings is 1. The summed E-state index contributed by atoms with van der Waals surface area (Å²) in [6, 6.07) is 8.63. The van der Waals surface area contributed by atoms with Gasteiger partial charge in [0.15, 0.2) is 4.34 Å². The molecule has 0 atom stereocenters. The second-order valence-corrected chi connectivity index (χ2v) is 6.95. The summed E-state index contributed by atoms with van der Waals surface area (Å²) < 4.78 is 5.19. The van der Waals surface area contributed by atoms with Crippen molar-refractivity contribution in [2.45, 2.75) is 36.6 Å². The molecule has 1 aromatic heterocycles. The van der Waals surface area contributed by atoms with Crippen LogP contribution in [0.25, 0.3) is 0 Å². The van der Waals surface area contributed by atoms with Gasteiger partial charge in [0.25, 0.3) is 0 Å². The van der Waals surface area contributed by atoms with Crippen LogP contribution in [0.3, 0.4) is 0 Å². The fourth-order valence-corrected chi connectivity index (χ4v) is 3.23. The highest BCUT2D eigenvalue weighted by atomic mass is 32.2. The van der Waals surface area contributed by atoms with Gasteiger partial charge in [0.05, 0.1) is 0 Å². The molecule has 0 unspecified atom stereocenters. The Labute approximate surface area is 123 Å². The average Bonchev–Trinajstić information content (AvgIpc) is 2.77. The molecule has 1 N–H and O–H groups in total. The highest BCUT2D eigenvalue weighted by Gasteiger charge is 2.03. The van der Waals surface area contributed by atoms with E-state index in [0.717, 1.165) is 23.3 Å². The van der Waals surface area contributed by atoms with Crippen molar-refractivity contribution in [3.63, 3.8) is 0 Å². The number of nitrogens with one attached hydrogen (secondary N) is 1. The number of aryl methyl sites for hydroxylation is 1. The Kier molecular flexibility index (Phi) is 5.36. The molecular formula is C14H19N3S2. The molecule has 0 radical (unpaired) electrons. The first-order valence-electron chi connectivity index (χ1n) is 6.41. The number of nitrogens with zero attached hydrogens (tertiary/aromatic N) is 2. The first-order valence-corrected chi connectivity index (χ1v) is 8.00. The Morgan fingerprint density at radius 1 is 1.26 bits per heavy atom. The Hall–Kier alpha value is -0.910. The van der Waals surface area contributed by atoms with Gasteiger partial charge in [-0.3, -0.25) is 0 Å². The van der Waals surface area contributed by atoms with E-state index in [0.29, 0.717) is 5.92 Å². The molecular weight excluding hydrogens is 274 g/mol. The van der Waals surface area contributed by atoms with Gasteiger partial charge in [-0.1, -0.05) is 37.7 Å². The van der Waals surface area contributed by atoms with Crippen LogP contribution in [0.5, 0.6) is 0 Å². The number of aromatic nitrogens is 2. The molecule has 0 aliphatic rings. The minimum absolute atomic E-state index is 0.690. The Bertz CT molecular complexity index is 506. The van der Waals surface area contributed by atoms with Crippen LogP contribution in [-0.2, 0) is 6.54 Å². The van der Waals surface area contributed by atoms with E-state index < -0.39 is 0 Å². The molecule has 0 fully saturated rings. The average molecular weight is 293 g/mol. The monoisotopic (exact) mass is 293 g/mol. The Morgan fingerprint density at radius 3 is 2.58 bits per heavy atom. The van der Waals surface area contributed by atoms with Crippen LogP contribution in [0.15, 0.2) is 33.5 Å². The van der Waals surface area contributed by atoms with Gasteiger partial charge in [-0.25, -0.2) is 4.98 Å². The molecule has 0 aliphatic carbocycles. The minimum atomic E-state index is 0.690. The molecule has 1 aromatic carbocycles. The van der Waals surface area contributed by atoms with Crippen molar-refractivity contribution in [1.29, 1.82) is 0 Å². The van der Waals surface area contributed by atoms with Crippen LogP contribution in [0.4, 0.5) is 0 Å². The highest BCUT2D eigenvalue weighted by molar-refractivity contribution is 8.01. The lowest BCUT2D eigenvalue weighted by atomic mass is 10.2. The van der Waals surface area contributed by atoms with Crippen LogP contribution < -0.4 is 5.32 Å². The van der Waals surface area contributed by atoms with E-state index in [-0.39, 0.29) is 0 Å². The smallest absolute Gasteiger partial charge is 0.174 e. The zero-order valence-electron chi connectivity index (χ0n) is 11.5. The van der Waals surface area contributed by atoms with Crippen LogP contribution in [0, 0.1) is 12.8 Å². The molecule has 0 saturated carbocycles. The van der Waals surface area contributed by atoms with E-state index in [2.05, 4.69) is 52.8 Å². The Morgan fingerprint density at radius 2 is 2.00 bits per heavy atom. The van der Waals surface area contributed by atoms with E-state index in [1.54, 1.807) is 11.8 Å². The molecule has 0 spiro atoms. The van der Waals surface area contributed by atoms with E-state index in [1.807, 2.05) is 6.92 Å². The fourth-order valence-electron chi connectivity index (χ4n) is 1.60. The van der Waals surface area contributed by atoms with Crippen LogP contribution in [0.1, 0.15) is 25.2 Å². The molecule has 19 heavy (non-hydrogen) atoms. The lowest BCUT2D eigenvalue weighted by Gasteiger charge is -2.07. The standard InChI is InChI=1S/C14H19N3S2/c1-10(2)8-15-9-12-4-6-13(7-5-12)18-14-16-11(3)17-19-14/h4-7,10,15H,8-9H2,1-3H3. The van der Waals surface area contributed by atoms with Gasteiger partial charge in [-0.2, -0.15) is 4.37 Å². The summed E-state index contributed by atoms with van der Waals surface area (Å²) in [6.07, 6.45) is 0. The lowest BCUT2D eigenvalue weighted by Crippen LogP contribution is -2.18. The Balaban J connectivity index is 1.87. The summed E-state index contributed by atoms with van der Waals surface area (Å²) in [6.45, 7) is 8.35. The van der Waals surface area contributed by atoms with Crippen LogP contribution in [-0.4, -0.2) is 15.9 Å². The molecule has 0 bridgehead atoms. The molecule has 2 aromatic rings. The second-order valence-electron chi connectivity index (χ2n) is 4.88. The third-order valence-electron chi connectivity index (χ3n) is 2.52. The predicted octanol–water partition coefficient (Wildman–Crippen LogP) is 3.74. The molecule has 102 valence electrons. The summed E-state index contributed by atoms with van der Waals surface area (Å²) in [5.74, 6) is 1.54.